The molecule has 1 rings (SSSR count). The van der Waals surface area contributed by atoms with Crippen LogP contribution in [0, 0.1) is 19.7 Å². The molecule has 0 nitrogen and oxygen atoms in total. The summed E-state index contributed by atoms with van der Waals surface area (Å²) in [7, 11) is 0. The van der Waals surface area contributed by atoms with E-state index in [1.54, 1.807) is 6.92 Å². The maximum Gasteiger partial charge on any atom is 0.128 e. The van der Waals surface area contributed by atoms with E-state index < -0.39 is 0 Å². The van der Waals surface area contributed by atoms with Gasteiger partial charge in [-0.15, -0.1) is 0 Å². The summed E-state index contributed by atoms with van der Waals surface area (Å²) in [6.07, 6.45) is 0. The second-order valence-corrected chi connectivity index (χ2v) is 3.60. The van der Waals surface area contributed by atoms with Crippen LogP contribution in [0.5, 0.6) is 0 Å². The summed E-state index contributed by atoms with van der Waals surface area (Å²) in [6.45, 7) is 3.56. The Balaban J connectivity index is 3.46. The average molecular weight is 237 g/mol. The van der Waals surface area contributed by atoms with E-state index in [1.807, 2.05) is 6.92 Å². The molecule has 0 aliphatic heterocycles. The van der Waals surface area contributed by atoms with Crippen LogP contribution in [-0.4, -0.2) is 0 Å². The molecular weight excluding hydrogens is 230 g/mol. The summed E-state index contributed by atoms with van der Waals surface area (Å²) in [5.74, 6) is -0.271. The van der Waals surface area contributed by atoms with Gasteiger partial charge in [0.25, 0.3) is 0 Å². The van der Waals surface area contributed by atoms with Crippen molar-refractivity contribution in [2.24, 2.45) is 0 Å². The number of benzene rings is 1. The lowest BCUT2D eigenvalue weighted by molar-refractivity contribution is 0.617. The third-order valence-electron chi connectivity index (χ3n) is 1.63. The first kappa shape index (κ1) is 9.01. The summed E-state index contributed by atoms with van der Waals surface area (Å²) in [4.78, 5) is 0. The van der Waals surface area contributed by atoms with Crippen molar-refractivity contribution < 1.29 is 4.39 Å². The molecule has 0 radical (unpaired) electrons. The highest BCUT2D eigenvalue weighted by molar-refractivity contribution is 9.10. The number of hydrogen-bond donors (Lipinski definition) is 0. The van der Waals surface area contributed by atoms with Crippen molar-refractivity contribution in [3.63, 3.8) is 0 Å². The molecule has 0 aliphatic carbocycles. The van der Waals surface area contributed by atoms with E-state index in [9.17, 15) is 4.39 Å². The molecular formula is C8H7BrClF. The molecule has 0 aliphatic rings. The van der Waals surface area contributed by atoms with Crippen LogP contribution in [0.15, 0.2) is 10.5 Å². The summed E-state index contributed by atoms with van der Waals surface area (Å²) in [5, 5.41) is 0.458. The van der Waals surface area contributed by atoms with Gasteiger partial charge in [-0.05, 0) is 31.0 Å². The maximum absolute atomic E-state index is 12.9. The lowest BCUT2D eigenvalue weighted by Crippen LogP contribution is -1.88. The van der Waals surface area contributed by atoms with Gasteiger partial charge in [-0.3, -0.25) is 0 Å². The second-order valence-electron chi connectivity index (χ2n) is 2.40. The first-order chi connectivity index (χ1) is 5.04. The van der Waals surface area contributed by atoms with Gasteiger partial charge in [-0.25, -0.2) is 4.39 Å². The molecule has 0 atom stereocenters. The minimum absolute atomic E-state index is 0.271. The molecule has 1 aromatic carbocycles. The molecule has 0 unspecified atom stereocenters. The molecule has 0 saturated carbocycles. The second kappa shape index (κ2) is 3.11. The Morgan fingerprint density at radius 2 is 1.91 bits per heavy atom. The van der Waals surface area contributed by atoms with Gasteiger partial charge in [-0.2, -0.15) is 0 Å². The molecule has 0 fully saturated rings. The van der Waals surface area contributed by atoms with Crippen LogP contribution in [0.1, 0.15) is 11.1 Å². The lowest BCUT2D eigenvalue weighted by atomic mass is 10.1. The van der Waals surface area contributed by atoms with Gasteiger partial charge in [0.1, 0.15) is 5.82 Å². The van der Waals surface area contributed by atoms with E-state index in [-0.39, 0.29) is 5.82 Å². The van der Waals surface area contributed by atoms with Crippen LogP contribution >= 0.6 is 27.5 Å². The summed E-state index contributed by atoms with van der Waals surface area (Å²) < 4.78 is 13.7. The Bertz CT molecular complexity index is 270. The molecule has 0 aromatic heterocycles. The van der Waals surface area contributed by atoms with Gasteiger partial charge < -0.3 is 0 Å². The molecule has 11 heavy (non-hydrogen) atoms. The Labute approximate surface area is 78.5 Å². The van der Waals surface area contributed by atoms with E-state index in [2.05, 4.69) is 15.9 Å². The fraction of sp³-hybridized carbons (Fsp3) is 0.250. The quantitative estimate of drug-likeness (QED) is 0.643. The SMILES string of the molecule is Cc1c(F)cc(Cl)c(C)c1Br. The third kappa shape index (κ3) is 1.57. The first-order valence-electron chi connectivity index (χ1n) is 3.14. The van der Waals surface area contributed by atoms with Gasteiger partial charge in [0.2, 0.25) is 0 Å². The fourth-order valence-corrected chi connectivity index (χ4v) is 1.53. The summed E-state index contributed by atoms with van der Waals surface area (Å²) in [6, 6.07) is 1.33. The van der Waals surface area contributed by atoms with Crippen LogP contribution in [-0.2, 0) is 0 Å². The highest BCUT2D eigenvalue weighted by Crippen LogP contribution is 2.29. The monoisotopic (exact) mass is 236 g/mol. The fourth-order valence-electron chi connectivity index (χ4n) is 0.819. The molecule has 0 N–H and O–H groups in total. The summed E-state index contributed by atoms with van der Waals surface area (Å²) >= 11 is 8.98. The van der Waals surface area contributed by atoms with Crippen molar-refractivity contribution in [1.82, 2.24) is 0 Å². The number of rotatable bonds is 0. The molecule has 0 heterocycles. The predicted molar refractivity (Wildman–Crippen MR) is 48.6 cm³/mol. The Hall–Kier alpha value is -0.0800. The van der Waals surface area contributed by atoms with E-state index in [0.717, 1.165) is 10.0 Å². The minimum Gasteiger partial charge on any atom is -0.207 e. The number of halogens is 3. The lowest BCUT2D eigenvalue weighted by Gasteiger charge is -2.05. The highest BCUT2D eigenvalue weighted by atomic mass is 79.9. The standard InChI is InChI=1S/C8H7BrClF/c1-4-6(10)3-7(11)5(2)8(4)9/h3H,1-2H3. The minimum atomic E-state index is -0.271. The molecule has 60 valence electrons. The van der Waals surface area contributed by atoms with Crippen molar-refractivity contribution in [2.75, 3.05) is 0 Å². The topological polar surface area (TPSA) is 0 Å². The summed E-state index contributed by atoms with van der Waals surface area (Å²) in [5.41, 5.74) is 1.48. The van der Waals surface area contributed by atoms with Crippen molar-refractivity contribution in [3.05, 3.63) is 32.5 Å². The van der Waals surface area contributed by atoms with Gasteiger partial charge in [0.15, 0.2) is 0 Å². The van der Waals surface area contributed by atoms with Gasteiger partial charge in [0, 0.05) is 9.50 Å². The maximum atomic E-state index is 12.9. The van der Waals surface area contributed by atoms with E-state index in [4.69, 9.17) is 11.6 Å². The molecule has 0 saturated heterocycles. The first-order valence-corrected chi connectivity index (χ1v) is 4.32. The van der Waals surface area contributed by atoms with E-state index in [1.165, 1.54) is 6.07 Å². The number of hydrogen-bond acceptors (Lipinski definition) is 0. The predicted octanol–water partition coefficient (Wildman–Crippen LogP) is 3.86. The third-order valence-corrected chi connectivity index (χ3v) is 3.21. The molecule has 3 heteroatoms. The van der Waals surface area contributed by atoms with Crippen molar-refractivity contribution in [2.45, 2.75) is 13.8 Å². The van der Waals surface area contributed by atoms with Crippen LogP contribution in [0.3, 0.4) is 0 Å². The zero-order valence-corrected chi connectivity index (χ0v) is 8.55. The molecule has 1 aromatic rings. The smallest absolute Gasteiger partial charge is 0.128 e. The van der Waals surface area contributed by atoms with Crippen molar-refractivity contribution in [1.29, 1.82) is 0 Å². The van der Waals surface area contributed by atoms with Crippen molar-refractivity contribution in [3.8, 4) is 0 Å². The molecule has 0 amide bonds. The van der Waals surface area contributed by atoms with Crippen LogP contribution < -0.4 is 0 Å². The van der Waals surface area contributed by atoms with Crippen molar-refractivity contribution >= 4 is 27.5 Å². The Kier molecular flexibility index (Phi) is 2.55. The van der Waals surface area contributed by atoms with Crippen LogP contribution in [0.4, 0.5) is 4.39 Å². The van der Waals surface area contributed by atoms with Crippen LogP contribution in [0.25, 0.3) is 0 Å². The van der Waals surface area contributed by atoms with Gasteiger partial charge >= 0.3 is 0 Å². The zero-order chi connectivity index (χ0) is 8.59. The molecule has 0 spiro atoms. The van der Waals surface area contributed by atoms with E-state index in [0.29, 0.717) is 10.6 Å². The average Bonchev–Trinajstić information content (AvgIpc) is 1.97. The van der Waals surface area contributed by atoms with E-state index >= 15 is 0 Å². The highest BCUT2D eigenvalue weighted by Gasteiger charge is 2.08. The van der Waals surface area contributed by atoms with Gasteiger partial charge in [0.05, 0.1) is 0 Å². The Morgan fingerprint density at radius 1 is 1.36 bits per heavy atom. The largest absolute Gasteiger partial charge is 0.207 e. The van der Waals surface area contributed by atoms with Crippen LogP contribution in [0.2, 0.25) is 5.02 Å². The normalized spacial score (nSPS) is 10.3. The van der Waals surface area contributed by atoms with Gasteiger partial charge in [-0.1, -0.05) is 27.5 Å². The Morgan fingerprint density at radius 3 is 2.45 bits per heavy atom. The zero-order valence-electron chi connectivity index (χ0n) is 6.21. The molecule has 0 bridgehead atoms.